The molecule has 4 rings (SSSR count). The minimum Gasteiger partial charge on any atom is -0.486 e. The van der Waals surface area contributed by atoms with Gasteiger partial charge in [0.05, 0.1) is 11.5 Å². The van der Waals surface area contributed by atoms with Crippen molar-refractivity contribution in [2.75, 3.05) is 19.8 Å². The van der Waals surface area contributed by atoms with Gasteiger partial charge in [-0.25, -0.2) is 0 Å². The molecule has 1 atom stereocenters. The van der Waals surface area contributed by atoms with Crippen molar-refractivity contribution in [2.24, 2.45) is 5.73 Å². The number of benzene rings is 3. The summed E-state index contributed by atoms with van der Waals surface area (Å²) < 4.78 is 11.3. The molecule has 0 bridgehead atoms. The summed E-state index contributed by atoms with van der Waals surface area (Å²) in [7, 11) is 0. The van der Waals surface area contributed by atoms with Gasteiger partial charge in [-0.1, -0.05) is 42.5 Å². The molecular weight excluding hydrogens is 400 g/mol. The first-order valence-electron chi connectivity index (χ1n) is 9.89. The van der Waals surface area contributed by atoms with Crippen LogP contribution in [-0.4, -0.2) is 25.7 Å². The topological polar surface area (TPSA) is 73.6 Å². The smallest absolute Gasteiger partial charge is 0.230 e. The molecule has 0 aromatic heterocycles. The second-order valence-electron chi connectivity index (χ2n) is 7.85. The van der Waals surface area contributed by atoms with E-state index in [1.807, 2.05) is 50.2 Å². The third-order valence-electron chi connectivity index (χ3n) is 5.55. The average molecular weight is 427 g/mol. The highest BCUT2D eigenvalue weighted by molar-refractivity contribution is 5.88. The second kappa shape index (κ2) is 8.94. The van der Waals surface area contributed by atoms with Gasteiger partial charge >= 0.3 is 0 Å². The minimum absolute atomic E-state index is 0. The summed E-state index contributed by atoms with van der Waals surface area (Å²) in [6.07, 6.45) is 0. The molecule has 3 N–H and O–H groups in total. The Hall–Kier alpha value is -2.76. The van der Waals surface area contributed by atoms with Crippen LogP contribution in [0.25, 0.3) is 10.8 Å². The van der Waals surface area contributed by atoms with Crippen LogP contribution in [0.15, 0.2) is 60.7 Å². The number of nitrogens with one attached hydrogen (secondary N) is 1. The van der Waals surface area contributed by atoms with E-state index in [0.29, 0.717) is 31.3 Å². The molecule has 0 aliphatic carbocycles. The Labute approximate surface area is 183 Å². The molecule has 1 unspecified atom stereocenters. The number of carbonyl (C=O) groups is 1. The Morgan fingerprint density at radius 3 is 2.43 bits per heavy atom. The molecule has 1 aliphatic heterocycles. The number of halogens is 1. The maximum atomic E-state index is 13.2. The van der Waals surface area contributed by atoms with Crippen molar-refractivity contribution < 1.29 is 14.3 Å². The summed E-state index contributed by atoms with van der Waals surface area (Å²) in [5.41, 5.74) is 7.14. The fourth-order valence-corrected chi connectivity index (χ4v) is 3.60. The van der Waals surface area contributed by atoms with Gasteiger partial charge in [0, 0.05) is 6.54 Å². The predicted molar refractivity (Wildman–Crippen MR) is 122 cm³/mol. The Morgan fingerprint density at radius 1 is 1.00 bits per heavy atom. The zero-order chi connectivity index (χ0) is 20.4. The molecule has 0 radical (unpaired) electrons. The first-order chi connectivity index (χ1) is 14.0. The van der Waals surface area contributed by atoms with Gasteiger partial charge in [-0.3, -0.25) is 4.79 Å². The van der Waals surface area contributed by atoms with Gasteiger partial charge in [0.2, 0.25) is 5.91 Å². The van der Waals surface area contributed by atoms with Crippen molar-refractivity contribution in [3.05, 3.63) is 71.8 Å². The van der Waals surface area contributed by atoms with Crippen molar-refractivity contribution in [1.82, 2.24) is 5.32 Å². The lowest BCUT2D eigenvalue weighted by Gasteiger charge is -2.29. The van der Waals surface area contributed by atoms with E-state index in [0.717, 1.165) is 21.9 Å². The van der Waals surface area contributed by atoms with E-state index in [1.165, 1.54) is 0 Å². The number of hydrogen-bond acceptors (Lipinski definition) is 4. The molecule has 1 amide bonds. The fourth-order valence-electron chi connectivity index (χ4n) is 3.60. The summed E-state index contributed by atoms with van der Waals surface area (Å²) in [5, 5.41) is 5.42. The summed E-state index contributed by atoms with van der Waals surface area (Å²) in [4.78, 5) is 13.2. The van der Waals surface area contributed by atoms with Crippen LogP contribution < -0.4 is 20.5 Å². The molecule has 3 aromatic rings. The first-order valence-corrected chi connectivity index (χ1v) is 9.89. The van der Waals surface area contributed by atoms with Crippen molar-refractivity contribution >= 4 is 29.1 Å². The number of amides is 1. The number of fused-ring (bicyclic) bond motifs is 2. The van der Waals surface area contributed by atoms with Crippen LogP contribution in [0, 0.1) is 0 Å². The van der Waals surface area contributed by atoms with Crippen LogP contribution in [0.1, 0.15) is 31.0 Å². The van der Waals surface area contributed by atoms with Gasteiger partial charge in [-0.15, -0.1) is 12.4 Å². The van der Waals surface area contributed by atoms with Crippen LogP contribution in [-0.2, 0) is 10.2 Å². The van der Waals surface area contributed by atoms with Crippen LogP contribution >= 0.6 is 12.4 Å². The predicted octanol–water partition coefficient (Wildman–Crippen LogP) is 4.13. The average Bonchev–Trinajstić information content (AvgIpc) is 2.76. The highest BCUT2D eigenvalue weighted by Crippen LogP contribution is 2.35. The third kappa shape index (κ3) is 4.23. The molecule has 158 valence electrons. The van der Waals surface area contributed by atoms with E-state index in [-0.39, 0.29) is 24.4 Å². The first kappa shape index (κ1) is 21.9. The molecule has 0 fully saturated rings. The number of nitrogens with two attached hydrogens (primary N) is 1. The number of carbonyl (C=O) groups excluding carboxylic acids is 1. The molecule has 0 saturated carbocycles. The van der Waals surface area contributed by atoms with E-state index in [2.05, 4.69) is 29.6 Å². The molecule has 1 heterocycles. The molecule has 0 spiro atoms. The van der Waals surface area contributed by atoms with E-state index >= 15 is 0 Å². The van der Waals surface area contributed by atoms with E-state index in [9.17, 15) is 4.79 Å². The highest BCUT2D eigenvalue weighted by Gasteiger charge is 2.32. The lowest BCUT2D eigenvalue weighted by molar-refractivity contribution is -0.126. The molecule has 0 saturated heterocycles. The maximum Gasteiger partial charge on any atom is 0.230 e. The van der Waals surface area contributed by atoms with Crippen molar-refractivity contribution in [2.45, 2.75) is 25.3 Å². The van der Waals surface area contributed by atoms with E-state index < -0.39 is 5.41 Å². The summed E-state index contributed by atoms with van der Waals surface area (Å²) in [6, 6.07) is 19.7. The molecule has 30 heavy (non-hydrogen) atoms. The third-order valence-corrected chi connectivity index (χ3v) is 5.55. The van der Waals surface area contributed by atoms with Crippen LogP contribution in [0.5, 0.6) is 11.5 Å². The maximum absolute atomic E-state index is 13.2. The molecule has 3 aromatic carbocycles. The van der Waals surface area contributed by atoms with Gasteiger partial charge in [-0.05, 0) is 53.9 Å². The Balaban J connectivity index is 0.00000256. The normalized spacial score (nSPS) is 14.0. The molecular formula is C24H27ClN2O3. The number of rotatable bonds is 5. The van der Waals surface area contributed by atoms with Gasteiger partial charge in [0.1, 0.15) is 13.2 Å². The lowest BCUT2D eigenvalue weighted by atomic mass is 9.83. The summed E-state index contributed by atoms with van der Waals surface area (Å²) in [5.74, 6) is 1.31. The lowest BCUT2D eigenvalue weighted by Crippen LogP contribution is -2.43. The summed E-state index contributed by atoms with van der Waals surface area (Å²) in [6.45, 7) is 5.19. The van der Waals surface area contributed by atoms with Crippen LogP contribution in [0.2, 0.25) is 0 Å². The SMILES string of the molecule is CC(C)(C(=O)NC(CN)c1ccc2ccccc2c1)c1ccc2c(c1)OCCO2.Cl. The second-order valence-corrected chi connectivity index (χ2v) is 7.85. The van der Waals surface area contributed by atoms with Crippen LogP contribution in [0.3, 0.4) is 0 Å². The van der Waals surface area contributed by atoms with Crippen LogP contribution in [0.4, 0.5) is 0 Å². The summed E-state index contributed by atoms with van der Waals surface area (Å²) >= 11 is 0. The molecule has 1 aliphatic rings. The Kier molecular flexibility index (Phi) is 6.54. The van der Waals surface area contributed by atoms with E-state index in [1.54, 1.807) is 0 Å². The van der Waals surface area contributed by atoms with Gasteiger partial charge < -0.3 is 20.5 Å². The Morgan fingerprint density at radius 2 is 1.70 bits per heavy atom. The van der Waals surface area contributed by atoms with Crippen molar-refractivity contribution in [3.63, 3.8) is 0 Å². The van der Waals surface area contributed by atoms with Crippen molar-refractivity contribution in [3.8, 4) is 11.5 Å². The number of ether oxygens (including phenoxy) is 2. The monoisotopic (exact) mass is 426 g/mol. The van der Waals surface area contributed by atoms with Crippen molar-refractivity contribution in [1.29, 1.82) is 0 Å². The standard InChI is InChI=1S/C24H26N2O3.ClH/c1-24(2,19-9-10-21-22(14-19)29-12-11-28-21)23(27)26-20(15-25)18-8-7-16-5-3-4-6-17(16)13-18;/h3-10,13-14,20H,11-12,15,25H2,1-2H3,(H,26,27);1H. The quantitative estimate of drug-likeness (QED) is 0.643. The van der Waals surface area contributed by atoms with Gasteiger partial charge in [0.15, 0.2) is 11.5 Å². The van der Waals surface area contributed by atoms with Gasteiger partial charge in [0.25, 0.3) is 0 Å². The number of hydrogen-bond donors (Lipinski definition) is 2. The van der Waals surface area contributed by atoms with E-state index in [4.69, 9.17) is 15.2 Å². The fraction of sp³-hybridized carbons (Fsp3) is 0.292. The Bertz CT molecular complexity index is 1050. The van der Waals surface area contributed by atoms with Gasteiger partial charge in [-0.2, -0.15) is 0 Å². The molecule has 6 heteroatoms. The molecule has 5 nitrogen and oxygen atoms in total. The minimum atomic E-state index is -0.750. The zero-order valence-electron chi connectivity index (χ0n) is 17.2. The highest BCUT2D eigenvalue weighted by atomic mass is 35.5. The largest absolute Gasteiger partial charge is 0.486 e. The zero-order valence-corrected chi connectivity index (χ0v) is 18.0.